The summed E-state index contributed by atoms with van der Waals surface area (Å²) in [6.45, 7) is 1.46. The molecule has 0 aromatic heterocycles. The molecule has 0 bridgehead atoms. The second-order valence-corrected chi connectivity index (χ2v) is 7.52. The zero-order valence-electron chi connectivity index (χ0n) is 17.3. The molecule has 31 heavy (non-hydrogen) atoms. The molecule has 0 aliphatic carbocycles. The molecular formula is C23H25N3O5. The van der Waals surface area contributed by atoms with E-state index in [0.717, 1.165) is 10.5 Å². The van der Waals surface area contributed by atoms with E-state index < -0.39 is 12.1 Å². The van der Waals surface area contributed by atoms with Crippen molar-refractivity contribution in [3.05, 3.63) is 60.2 Å². The average molecular weight is 423 g/mol. The van der Waals surface area contributed by atoms with Crippen molar-refractivity contribution in [2.24, 2.45) is 0 Å². The molecule has 2 saturated heterocycles. The van der Waals surface area contributed by atoms with E-state index in [2.05, 4.69) is 5.32 Å². The summed E-state index contributed by atoms with van der Waals surface area (Å²) >= 11 is 0. The van der Waals surface area contributed by atoms with E-state index in [4.69, 9.17) is 9.47 Å². The Hall–Kier alpha value is -3.39. The quantitative estimate of drug-likeness (QED) is 0.722. The molecule has 2 atom stereocenters. The highest BCUT2D eigenvalue weighted by Crippen LogP contribution is 2.25. The number of hydrogen-bond acceptors (Lipinski definition) is 5. The summed E-state index contributed by atoms with van der Waals surface area (Å²) in [5.41, 5.74) is 1.50. The highest BCUT2D eigenvalue weighted by molar-refractivity contribution is 6.21. The number of anilines is 1. The maximum Gasteiger partial charge on any atom is 0.329 e. The molecule has 0 spiro atoms. The minimum Gasteiger partial charge on any atom is -0.497 e. The first-order chi connectivity index (χ1) is 15.1. The van der Waals surface area contributed by atoms with Crippen molar-refractivity contribution in [1.82, 2.24) is 10.2 Å². The lowest BCUT2D eigenvalue weighted by molar-refractivity contribution is -0.139. The van der Waals surface area contributed by atoms with Gasteiger partial charge in [0.05, 0.1) is 25.9 Å². The van der Waals surface area contributed by atoms with Crippen molar-refractivity contribution < 1.29 is 23.9 Å². The molecule has 4 rings (SSSR count). The summed E-state index contributed by atoms with van der Waals surface area (Å²) in [6.07, 6.45) is 0.273. The van der Waals surface area contributed by atoms with E-state index in [0.29, 0.717) is 31.1 Å². The van der Waals surface area contributed by atoms with Gasteiger partial charge in [-0.05, 0) is 36.2 Å². The molecule has 2 aromatic carbocycles. The van der Waals surface area contributed by atoms with Gasteiger partial charge in [0.15, 0.2) is 0 Å². The molecule has 2 aliphatic heterocycles. The van der Waals surface area contributed by atoms with Crippen molar-refractivity contribution >= 4 is 23.5 Å². The topological polar surface area (TPSA) is 88.2 Å². The van der Waals surface area contributed by atoms with E-state index in [1.165, 1.54) is 0 Å². The normalized spacial score (nSPS) is 21.2. The fourth-order valence-corrected chi connectivity index (χ4v) is 3.87. The maximum atomic E-state index is 12.8. The first kappa shape index (κ1) is 20.9. The molecule has 4 amide bonds. The number of rotatable bonds is 6. The smallest absolute Gasteiger partial charge is 0.329 e. The molecule has 0 unspecified atom stereocenters. The minimum absolute atomic E-state index is 0.0471. The van der Waals surface area contributed by atoms with E-state index in [-0.39, 0.29) is 30.8 Å². The first-order valence-corrected chi connectivity index (χ1v) is 10.3. The van der Waals surface area contributed by atoms with Crippen LogP contribution in [0.25, 0.3) is 0 Å². The Morgan fingerprint density at radius 1 is 1.13 bits per heavy atom. The van der Waals surface area contributed by atoms with Crippen LogP contribution in [-0.2, 0) is 14.3 Å². The highest BCUT2D eigenvalue weighted by Gasteiger charge is 2.39. The van der Waals surface area contributed by atoms with Gasteiger partial charge in [-0.2, -0.15) is 0 Å². The van der Waals surface area contributed by atoms with Gasteiger partial charge < -0.3 is 19.7 Å². The number of carbonyl (C=O) groups is 3. The Morgan fingerprint density at radius 2 is 1.87 bits per heavy atom. The fourth-order valence-electron chi connectivity index (χ4n) is 3.87. The SMILES string of the molecule is COc1ccc(N2C(=O)N[C@H](CCC(=O)N3CCO[C@@H](c4ccccc4)C3)C2=O)cc1. The van der Waals surface area contributed by atoms with Crippen LogP contribution < -0.4 is 15.0 Å². The van der Waals surface area contributed by atoms with Gasteiger partial charge >= 0.3 is 6.03 Å². The van der Waals surface area contributed by atoms with E-state index in [1.54, 1.807) is 36.3 Å². The lowest BCUT2D eigenvalue weighted by Gasteiger charge is -2.33. The Labute approximate surface area is 180 Å². The Balaban J connectivity index is 1.34. The van der Waals surface area contributed by atoms with Gasteiger partial charge in [0.25, 0.3) is 5.91 Å². The van der Waals surface area contributed by atoms with Gasteiger partial charge in [-0.3, -0.25) is 9.59 Å². The monoisotopic (exact) mass is 423 g/mol. The third-order valence-electron chi connectivity index (χ3n) is 5.59. The molecule has 8 nitrogen and oxygen atoms in total. The van der Waals surface area contributed by atoms with Crippen molar-refractivity contribution in [3.63, 3.8) is 0 Å². The van der Waals surface area contributed by atoms with Crippen LogP contribution in [0.5, 0.6) is 5.75 Å². The molecular weight excluding hydrogens is 398 g/mol. The lowest BCUT2D eigenvalue weighted by Crippen LogP contribution is -2.43. The van der Waals surface area contributed by atoms with Crippen LogP contribution in [0, 0.1) is 0 Å². The number of ether oxygens (including phenoxy) is 2. The summed E-state index contributed by atoms with van der Waals surface area (Å²) in [5.74, 6) is 0.235. The number of imide groups is 1. The number of methoxy groups -OCH3 is 1. The lowest BCUT2D eigenvalue weighted by atomic mass is 10.1. The molecule has 162 valence electrons. The number of benzene rings is 2. The van der Waals surface area contributed by atoms with Crippen LogP contribution in [0.3, 0.4) is 0 Å². The van der Waals surface area contributed by atoms with Crippen LogP contribution in [0.4, 0.5) is 10.5 Å². The van der Waals surface area contributed by atoms with Crippen LogP contribution in [0.2, 0.25) is 0 Å². The molecule has 0 radical (unpaired) electrons. The summed E-state index contributed by atoms with van der Waals surface area (Å²) < 4.78 is 10.9. The van der Waals surface area contributed by atoms with Gasteiger partial charge in [-0.15, -0.1) is 0 Å². The van der Waals surface area contributed by atoms with Gasteiger partial charge in [-0.1, -0.05) is 30.3 Å². The number of amides is 4. The second-order valence-electron chi connectivity index (χ2n) is 7.52. The van der Waals surface area contributed by atoms with E-state index in [1.807, 2.05) is 30.3 Å². The van der Waals surface area contributed by atoms with Crippen LogP contribution in [0.15, 0.2) is 54.6 Å². The highest BCUT2D eigenvalue weighted by atomic mass is 16.5. The molecule has 0 saturated carbocycles. The van der Waals surface area contributed by atoms with Crippen molar-refractivity contribution in [1.29, 1.82) is 0 Å². The number of nitrogens with one attached hydrogen (secondary N) is 1. The van der Waals surface area contributed by atoms with Crippen LogP contribution in [-0.4, -0.2) is 55.6 Å². The third-order valence-corrected chi connectivity index (χ3v) is 5.59. The predicted molar refractivity (Wildman–Crippen MR) is 114 cm³/mol. The zero-order chi connectivity index (χ0) is 21.8. The largest absolute Gasteiger partial charge is 0.497 e. The Kier molecular flexibility index (Phi) is 6.18. The van der Waals surface area contributed by atoms with E-state index >= 15 is 0 Å². The molecule has 1 N–H and O–H groups in total. The van der Waals surface area contributed by atoms with Crippen molar-refractivity contribution in [2.45, 2.75) is 25.0 Å². The minimum atomic E-state index is -0.718. The molecule has 2 heterocycles. The third kappa shape index (κ3) is 4.54. The Bertz CT molecular complexity index is 947. The number of carbonyl (C=O) groups excluding carboxylic acids is 3. The average Bonchev–Trinajstić information content (AvgIpc) is 3.11. The zero-order valence-corrected chi connectivity index (χ0v) is 17.3. The number of urea groups is 1. The summed E-state index contributed by atoms with van der Waals surface area (Å²) in [5, 5.41) is 2.68. The van der Waals surface area contributed by atoms with E-state index in [9.17, 15) is 14.4 Å². The molecule has 2 aromatic rings. The van der Waals surface area contributed by atoms with Crippen molar-refractivity contribution in [3.8, 4) is 5.75 Å². The summed E-state index contributed by atoms with van der Waals surface area (Å²) in [4.78, 5) is 40.7. The second kappa shape index (κ2) is 9.18. The Morgan fingerprint density at radius 3 is 2.58 bits per heavy atom. The number of morpholine rings is 1. The van der Waals surface area contributed by atoms with Crippen molar-refractivity contribution in [2.75, 3.05) is 31.7 Å². The van der Waals surface area contributed by atoms with Crippen LogP contribution >= 0.6 is 0 Å². The molecule has 2 fully saturated rings. The predicted octanol–water partition coefficient (Wildman–Crippen LogP) is 2.50. The number of nitrogens with zero attached hydrogens (tertiary/aromatic N) is 2. The molecule has 2 aliphatic rings. The summed E-state index contributed by atoms with van der Waals surface area (Å²) in [7, 11) is 1.55. The molecule has 8 heteroatoms. The number of hydrogen-bond donors (Lipinski definition) is 1. The maximum absolute atomic E-state index is 12.8. The summed E-state index contributed by atoms with van der Waals surface area (Å²) in [6, 6.07) is 15.3. The standard InChI is InChI=1S/C23H25N3O5/c1-30-18-9-7-17(8-10-18)26-22(28)19(24-23(26)29)11-12-21(27)25-13-14-31-20(15-25)16-5-3-2-4-6-16/h2-10,19-20H,11-15H2,1H3,(H,24,29)/t19-,20-/m1/s1. The van der Waals surface area contributed by atoms with Gasteiger partial charge in [-0.25, -0.2) is 9.69 Å². The van der Waals surface area contributed by atoms with Gasteiger partial charge in [0.1, 0.15) is 17.9 Å². The fraction of sp³-hybridized carbons (Fsp3) is 0.348. The first-order valence-electron chi connectivity index (χ1n) is 10.3. The van der Waals surface area contributed by atoms with Crippen LogP contribution in [0.1, 0.15) is 24.5 Å². The van der Waals surface area contributed by atoms with Gasteiger partial charge in [0, 0.05) is 13.0 Å². The van der Waals surface area contributed by atoms with Gasteiger partial charge in [0.2, 0.25) is 5.91 Å².